The summed E-state index contributed by atoms with van der Waals surface area (Å²) in [6.07, 6.45) is 4.01. The summed E-state index contributed by atoms with van der Waals surface area (Å²) in [6, 6.07) is 13.5. The van der Waals surface area contributed by atoms with Gasteiger partial charge >= 0.3 is 5.97 Å². The van der Waals surface area contributed by atoms with E-state index in [0.717, 1.165) is 17.7 Å². The van der Waals surface area contributed by atoms with Gasteiger partial charge in [0.1, 0.15) is 5.75 Å². The van der Waals surface area contributed by atoms with E-state index in [2.05, 4.69) is 5.32 Å². The first kappa shape index (κ1) is 17.3. The van der Waals surface area contributed by atoms with E-state index in [1.807, 2.05) is 31.2 Å². The largest absolute Gasteiger partial charge is 0.493 e. The Balaban J connectivity index is 2.01. The molecule has 2 aromatic carbocycles. The monoisotopic (exact) mass is 325 g/mol. The third-order valence-electron chi connectivity index (χ3n) is 3.19. The molecular weight excluding hydrogens is 306 g/mol. The van der Waals surface area contributed by atoms with Crippen molar-refractivity contribution in [1.29, 1.82) is 0 Å². The normalized spacial score (nSPS) is 10.5. The van der Waals surface area contributed by atoms with Crippen molar-refractivity contribution in [2.75, 3.05) is 11.9 Å². The smallest absolute Gasteiger partial charge is 0.335 e. The third-order valence-corrected chi connectivity index (χ3v) is 3.19. The second-order valence-corrected chi connectivity index (χ2v) is 5.09. The Bertz CT molecular complexity index is 735. The van der Waals surface area contributed by atoms with Crippen LogP contribution in [0.4, 0.5) is 5.69 Å². The minimum atomic E-state index is -1.00. The van der Waals surface area contributed by atoms with Gasteiger partial charge in [0, 0.05) is 17.3 Å². The van der Waals surface area contributed by atoms with Crippen LogP contribution in [-0.4, -0.2) is 23.6 Å². The molecule has 0 bridgehead atoms. The second-order valence-electron chi connectivity index (χ2n) is 5.09. The van der Waals surface area contributed by atoms with Crippen LogP contribution in [0.15, 0.2) is 54.6 Å². The number of nitrogens with one attached hydrogen (secondary N) is 1. The number of para-hydroxylation sites is 1. The molecule has 24 heavy (non-hydrogen) atoms. The van der Waals surface area contributed by atoms with Crippen LogP contribution in [0.5, 0.6) is 5.75 Å². The standard InChI is InChI=1S/C19H19NO4/c1-2-13-24-17-6-4-3-5-14(17)9-12-18(21)20-16-10-7-15(8-11-16)19(22)23/h3-12H,2,13H2,1H3,(H,20,21)(H,22,23)/b12-9+. The van der Waals surface area contributed by atoms with E-state index in [1.165, 1.54) is 18.2 Å². The Hall–Kier alpha value is -3.08. The first-order chi connectivity index (χ1) is 11.6. The summed E-state index contributed by atoms with van der Waals surface area (Å²) < 4.78 is 5.63. The summed E-state index contributed by atoms with van der Waals surface area (Å²) in [4.78, 5) is 22.8. The highest BCUT2D eigenvalue weighted by Crippen LogP contribution is 2.19. The van der Waals surface area contributed by atoms with Crippen LogP contribution >= 0.6 is 0 Å². The number of ether oxygens (including phenoxy) is 1. The van der Waals surface area contributed by atoms with Gasteiger partial charge < -0.3 is 15.2 Å². The summed E-state index contributed by atoms with van der Waals surface area (Å²) in [5.74, 6) is -0.575. The van der Waals surface area contributed by atoms with Crippen LogP contribution < -0.4 is 10.1 Å². The van der Waals surface area contributed by atoms with Crippen LogP contribution in [0.2, 0.25) is 0 Å². The molecule has 0 aromatic heterocycles. The predicted octanol–water partition coefficient (Wildman–Crippen LogP) is 3.83. The number of carboxylic acid groups (broad SMARTS) is 1. The van der Waals surface area contributed by atoms with Crippen molar-refractivity contribution >= 4 is 23.6 Å². The number of amides is 1. The third kappa shape index (κ3) is 4.98. The van der Waals surface area contributed by atoms with Crippen molar-refractivity contribution in [2.45, 2.75) is 13.3 Å². The highest BCUT2D eigenvalue weighted by atomic mass is 16.5. The molecule has 0 spiro atoms. The summed E-state index contributed by atoms with van der Waals surface area (Å²) in [5, 5.41) is 11.5. The van der Waals surface area contributed by atoms with Gasteiger partial charge in [-0.2, -0.15) is 0 Å². The molecule has 0 atom stereocenters. The number of rotatable bonds is 7. The molecule has 2 aromatic rings. The fourth-order valence-corrected chi connectivity index (χ4v) is 2.01. The molecule has 5 heteroatoms. The minimum Gasteiger partial charge on any atom is -0.493 e. The fraction of sp³-hybridized carbons (Fsp3) is 0.158. The number of hydrogen-bond acceptors (Lipinski definition) is 3. The number of aromatic carboxylic acids is 1. The Morgan fingerprint density at radius 1 is 1.12 bits per heavy atom. The number of anilines is 1. The SMILES string of the molecule is CCCOc1ccccc1/C=C/C(=O)Nc1ccc(C(=O)O)cc1. The predicted molar refractivity (Wildman–Crippen MR) is 93.3 cm³/mol. The van der Waals surface area contributed by atoms with Gasteiger partial charge in [-0.25, -0.2) is 4.79 Å². The maximum absolute atomic E-state index is 12.0. The molecule has 0 saturated carbocycles. The first-order valence-electron chi connectivity index (χ1n) is 7.64. The number of carboxylic acids is 1. The Morgan fingerprint density at radius 2 is 1.83 bits per heavy atom. The Kier molecular flexibility index (Phi) is 6.14. The Morgan fingerprint density at radius 3 is 2.50 bits per heavy atom. The molecule has 0 heterocycles. The van der Waals surface area contributed by atoms with Gasteiger partial charge in [0.15, 0.2) is 0 Å². The van der Waals surface area contributed by atoms with E-state index in [0.29, 0.717) is 12.3 Å². The topological polar surface area (TPSA) is 75.6 Å². The van der Waals surface area contributed by atoms with Gasteiger partial charge in [-0.3, -0.25) is 4.79 Å². The maximum atomic E-state index is 12.0. The van der Waals surface area contributed by atoms with E-state index >= 15 is 0 Å². The number of benzene rings is 2. The molecule has 0 aliphatic carbocycles. The molecule has 2 N–H and O–H groups in total. The molecule has 124 valence electrons. The molecule has 0 fully saturated rings. The van der Waals surface area contributed by atoms with Crippen molar-refractivity contribution in [3.63, 3.8) is 0 Å². The zero-order valence-corrected chi connectivity index (χ0v) is 13.4. The lowest BCUT2D eigenvalue weighted by atomic mass is 10.2. The molecule has 2 rings (SSSR count). The summed E-state index contributed by atoms with van der Waals surface area (Å²) in [5.41, 5.74) is 1.53. The lowest BCUT2D eigenvalue weighted by molar-refractivity contribution is -0.111. The number of hydrogen-bond donors (Lipinski definition) is 2. The summed E-state index contributed by atoms with van der Waals surface area (Å²) in [6.45, 7) is 2.65. The van der Waals surface area contributed by atoms with E-state index in [9.17, 15) is 9.59 Å². The van der Waals surface area contributed by atoms with E-state index in [-0.39, 0.29) is 11.5 Å². The quantitative estimate of drug-likeness (QED) is 0.759. The number of carbonyl (C=O) groups excluding carboxylic acids is 1. The fourth-order valence-electron chi connectivity index (χ4n) is 2.01. The van der Waals surface area contributed by atoms with Gasteiger partial charge in [0.05, 0.1) is 12.2 Å². The van der Waals surface area contributed by atoms with Crippen LogP contribution in [0.3, 0.4) is 0 Å². The molecule has 0 radical (unpaired) electrons. The first-order valence-corrected chi connectivity index (χ1v) is 7.64. The van der Waals surface area contributed by atoms with Crippen molar-refractivity contribution in [2.24, 2.45) is 0 Å². The van der Waals surface area contributed by atoms with Crippen LogP contribution in [0.25, 0.3) is 6.08 Å². The zero-order valence-electron chi connectivity index (χ0n) is 13.4. The van der Waals surface area contributed by atoms with Gasteiger partial charge in [-0.15, -0.1) is 0 Å². The molecule has 0 aliphatic rings. The van der Waals surface area contributed by atoms with Crippen molar-refractivity contribution in [3.8, 4) is 5.75 Å². The summed E-state index contributed by atoms with van der Waals surface area (Å²) >= 11 is 0. The van der Waals surface area contributed by atoms with Gasteiger partial charge in [0.2, 0.25) is 5.91 Å². The van der Waals surface area contributed by atoms with Crippen molar-refractivity contribution in [3.05, 3.63) is 65.7 Å². The Labute approximate surface area is 140 Å². The van der Waals surface area contributed by atoms with Crippen LogP contribution in [0.1, 0.15) is 29.3 Å². The van der Waals surface area contributed by atoms with Gasteiger partial charge in [-0.1, -0.05) is 25.1 Å². The van der Waals surface area contributed by atoms with Crippen LogP contribution in [0, 0.1) is 0 Å². The molecule has 0 unspecified atom stereocenters. The number of carbonyl (C=O) groups is 2. The molecule has 5 nitrogen and oxygen atoms in total. The maximum Gasteiger partial charge on any atom is 0.335 e. The minimum absolute atomic E-state index is 0.172. The highest BCUT2D eigenvalue weighted by Gasteiger charge is 2.04. The van der Waals surface area contributed by atoms with E-state index < -0.39 is 5.97 Å². The average molecular weight is 325 g/mol. The van der Waals surface area contributed by atoms with Crippen molar-refractivity contribution in [1.82, 2.24) is 0 Å². The molecule has 0 aliphatic heterocycles. The molecule has 1 amide bonds. The molecule has 0 saturated heterocycles. The van der Waals surface area contributed by atoms with E-state index in [4.69, 9.17) is 9.84 Å². The highest BCUT2D eigenvalue weighted by molar-refractivity contribution is 6.02. The molecular formula is C19H19NO4. The average Bonchev–Trinajstić information content (AvgIpc) is 2.59. The lowest BCUT2D eigenvalue weighted by Gasteiger charge is -2.07. The lowest BCUT2D eigenvalue weighted by Crippen LogP contribution is -2.08. The van der Waals surface area contributed by atoms with Crippen LogP contribution in [-0.2, 0) is 4.79 Å². The zero-order chi connectivity index (χ0) is 17.4. The van der Waals surface area contributed by atoms with E-state index in [1.54, 1.807) is 18.2 Å². The van der Waals surface area contributed by atoms with Crippen molar-refractivity contribution < 1.29 is 19.4 Å². The second kappa shape index (κ2) is 8.53. The summed E-state index contributed by atoms with van der Waals surface area (Å²) in [7, 11) is 0. The van der Waals surface area contributed by atoms with Gasteiger partial charge in [-0.05, 0) is 42.8 Å². The van der Waals surface area contributed by atoms with Gasteiger partial charge in [0.25, 0.3) is 0 Å².